The number of nitrogens with one attached hydrogen (secondary N) is 1. The van der Waals surface area contributed by atoms with E-state index < -0.39 is 0 Å². The van der Waals surface area contributed by atoms with E-state index in [0.29, 0.717) is 48.7 Å². The van der Waals surface area contributed by atoms with Crippen LogP contribution in [0.4, 0.5) is 5.69 Å². The zero-order chi connectivity index (χ0) is 18.5. The van der Waals surface area contributed by atoms with Gasteiger partial charge in [-0.2, -0.15) is 0 Å². The molecule has 2 aromatic carbocycles. The van der Waals surface area contributed by atoms with Gasteiger partial charge in [0.25, 0.3) is 11.8 Å². The van der Waals surface area contributed by atoms with Crippen LogP contribution < -0.4 is 5.32 Å². The number of nitrogens with zero attached hydrogens (tertiary/aromatic N) is 1. The minimum absolute atomic E-state index is 0.0702. The van der Waals surface area contributed by atoms with Crippen molar-refractivity contribution in [2.75, 3.05) is 31.6 Å². The first-order valence-electron chi connectivity index (χ1n) is 8.44. The lowest BCUT2D eigenvalue weighted by Crippen LogP contribution is -2.40. The Morgan fingerprint density at radius 3 is 2.31 bits per heavy atom. The van der Waals surface area contributed by atoms with Crippen molar-refractivity contribution >= 4 is 23.3 Å². The number of amides is 2. The summed E-state index contributed by atoms with van der Waals surface area (Å²) in [5, 5.41) is 2.76. The number of hydrogen-bond acceptors (Lipinski definition) is 4. The first-order valence-corrected chi connectivity index (χ1v) is 8.44. The van der Waals surface area contributed by atoms with E-state index in [-0.39, 0.29) is 17.6 Å². The van der Waals surface area contributed by atoms with Crippen LogP contribution in [0.2, 0.25) is 0 Å². The van der Waals surface area contributed by atoms with Crippen LogP contribution in [-0.2, 0) is 4.74 Å². The van der Waals surface area contributed by atoms with Crippen LogP contribution in [0, 0.1) is 0 Å². The van der Waals surface area contributed by atoms with Crippen molar-refractivity contribution in [3.8, 4) is 0 Å². The molecule has 0 unspecified atom stereocenters. The van der Waals surface area contributed by atoms with Crippen LogP contribution in [0.15, 0.2) is 48.5 Å². The number of hydrogen-bond donors (Lipinski definition) is 1. The van der Waals surface area contributed by atoms with E-state index in [1.807, 2.05) is 0 Å². The Labute approximate surface area is 151 Å². The molecule has 1 fully saturated rings. The molecule has 0 saturated carbocycles. The number of anilines is 1. The first kappa shape index (κ1) is 17.8. The highest BCUT2D eigenvalue weighted by Crippen LogP contribution is 2.15. The van der Waals surface area contributed by atoms with Crippen LogP contribution in [0.25, 0.3) is 0 Å². The van der Waals surface area contributed by atoms with Gasteiger partial charge in [-0.1, -0.05) is 18.2 Å². The van der Waals surface area contributed by atoms with E-state index in [4.69, 9.17) is 4.74 Å². The smallest absolute Gasteiger partial charge is 0.255 e. The number of ether oxygens (including phenoxy) is 1. The lowest BCUT2D eigenvalue weighted by atomic mass is 10.1. The summed E-state index contributed by atoms with van der Waals surface area (Å²) in [6.07, 6.45) is 0. The van der Waals surface area contributed by atoms with Gasteiger partial charge in [-0.05, 0) is 37.3 Å². The summed E-state index contributed by atoms with van der Waals surface area (Å²) >= 11 is 0. The number of ketones is 1. The van der Waals surface area contributed by atoms with Gasteiger partial charge < -0.3 is 15.0 Å². The van der Waals surface area contributed by atoms with Gasteiger partial charge in [0.05, 0.1) is 13.2 Å². The molecule has 2 amide bonds. The molecule has 0 radical (unpaired) electrons. The summed E-state index contributed by atoms with van der Waals surface area (Å²) in [7, 11) is 0. The Balaban J connectivity index is 1.75. The second kappa shape index (κ2) is 7.93. The standard InChI is InChI=1S/C20H20N2O4/c1-14(23)15-4-3-7-18(13-15)21-19(24)16-5-2-6-17(12-16)20(25)22-8-10-26-11-9-22/h2-7,12-13H,8-11H2,1H3,(H,21,24). The molecule has 1 heterocycles. The quantitative estimate of drug-likeness (QED) is 0.858. The highest BCUT2D eigenvalue weighted by atomic mass is 16.5. The Morgan fingerprint density at radius 2 is 1.58 bits per heavy atom. The number of carbonyl (C=O) groups is 3. The van der Waals surface area contributed by atoms with Gasteiger partial charge in [-0.15, -0.1) is 0 Å². The number of Topliss-reactive ketones (excluding diaryl/α,β-unsaturated/α-hetero) is 1. The maximum atomic E-state index is 12.6. The fraction of sp³-hybridized carbons (Fsp3) is 0.250. The minimum atomic E-state index is -0.331. The summed E-state index contributed by atoms with van der Waals surface area (Å²) in [5.74, 6) is -0.511. The first-order chi connectivity index (χ1) is 12.5. The molecular formula is C20H20N2O4. The second-order valence-electron chi connectivity index (χ2n) is 6.08. The molecular weight excluding hydrogens is 332 g/mol. The molecule has 0 bridgehead atoms. The molecule has 6 nitrogen and oxygen atoms in total. The Bertz CT molecular complexity index is 841. The fourth-order valence-corrected chi connectivity index (χ4v) is 2.76. The SMILES string of the molecule is CC(=O)c1cccc(NC(=O)c2cccc(C(=O)N3CCOCC3)c2)c1. The van der Waals surface area contributed by atoms with E-state index in [1.54, 1.807) is 53.4 Å². The van der Waals surface area contributed by atoms with E-state index in [2.05, 4.69) is 5.32 Å². The van der Waals surface area contributed by atoms with E-state index in [0.717, 1.165) is 0 Å². The third kappa shape index (κ3) is 4.15. The van der Waals surface area contributed by atoms with Crippen LogP contribution >= 0.6 is 0 Å². The van der Waals surface area contributed by atoms with Crippen molar-refractivity contribution in [3.63, 3.8) is 0 Å². The zero-order valence-electron chi connectivity index (χ0n) is 14.5. The Morgan fingerprint density at radius 1 is 0.923 bits per heavy atom. The molecule has 0 aromatic heterocycles. The van der Waals surface area contributed by atoms with Gasteiger partial charge in [0.2, 0.25) is 0 Å². The third-order valence-corrected chi connectivity index (χ3v) is 4.20. The van der Waals surface area contributed by atoms with E-state index in [9.17, 15) is 14.4 Å². The van der Waals surface area contributed by atoms with Crippen LogP contribution in [0.1, 0.15) is 38.0 Å². The fourth-order valence-electron chi connectivity index (χ4n) is 2.76. The van der Waals surface area contributed by atoms with E-state index in [1.165, 1.54) is 6.92 Å². The molecule has 0 aliphatic carbocycles. The van der Waals surface area contributed by atoms with Crippen LogP contribution in [0.3, 0.4) is 0 Å². The average molecular weight is 352 g/mol. The monoisotopic (exact) mass is 352 g/mol. The third-order valence-electron chi connectivity index (χ3n) is 4.20. The molecule has 6 heteroatoms. The largest absolute Gasteiger partial charge is 0.378 e. The summed E-state index contributed by atoms with van der Waals surface area (Å²) in [4.78, 5) is 38.2. The maximum Gasteiger partial charge on any atom is 0.255 e. The maximum absolute atomic E-state index is 12.6. The molecule has 134 valence electrons. The zero-order valence-corrected chi connectivity index (χ0v) is 14.5. The topological polar surface area (TPSA) is 75.7 Å². The molecule has 2 aromatic rings. The lowest BCUT2D eigenvalue weighted by molar-refractivity contribution is 0.0303. The Kier molecular flexibility index (Phi) is 5.43. The van der Waals surface area contributed by atoms with Crippen LogP contribution in [-0.4, -0.2) is 48.8 Å². The van der Waals surface area contributed by atoms with Crippen LogP contribution in [0.5, 0.6) is 0 Å². The molecule has 1 N–H and O–H groups in total. The summed E-state index contributed by atoms with van der Waals surface area (Å²) < 4.78 is 5.26. The highest BCUT2D eigenvalue weighted by Gasteiger charge is 2.19. The number of carbonyl (C=O) groups excluding carboxylic acids is 3. The normalized spacial score (nSPS) is 14.0. The molecule has 1 aliphatic heterocycles. The van der Waals surface area contributed by atoms with Crippen molar-refractivity contribution in [2.24, 2.45) is 0 Å². The number of morpholine rings is 1. The van der Waals surface area contributed by atoms with Gasteiger partial charge in [0.1, 0.15) is 0 Å². The van der Waals surface area contributed by atoms with Gasteiger partial charge in [0, 0.05) is 35.5 Å². The molecule has 0 spiro atoms. The van der Waals surface area contributed by atoms with Gasteiger partial charge in [-0.25, -0.2) is 0 Å². The number of rotatable bonds is 4. The second-order valence-corrected chi connectivity index (χ2v) is 6.08. The summed E-state index contributed by atoms with van der Waals surface area (Å²) in [6, 6.07) is 13.4. The van der Waals surface area contributed by atoms with Gasteiger partial charge in [0.15, 0.2) is 5.78 Å². The molecule has 1 saturated heterocycles. The minimum Gasteiger partial charge on any atom is -0.378 e. The predicted octanol–water partition coefficient (Wildman–Crippen LogP) is 2.61. The van der Waals surface area contributed by atoms with Gasteiger partial charge >= 0.3 is 0 Å². The summed E-state index contributed by atoms with van der Waals surface area (Å²) in [5.41, 5.74) is 1.92. The highest BCUT2D eigenvalue weighted by molar-refractivity contribution is 6.06. The van der Waals surface area contributed by atoms with E-state index >= 15 is 0 Å². The molecule has 3 rings (SSSR count). The van der Waals surface area contributed by atoms with Crippen molar-refractivity contribution in [3.05, 3.63) is 65.2 Å². The number of benzene rings is 2. The average Bonchev–Trinajstić information content (AvgIpc) is 2.68. The predicted molar refractivity (Wildman–Crippen MR) is 97.6 cm³/mol. The summed E-state index contributed by atoms with van der Waals surface area (Å²) in [6.45, 7) is 3.62. The van der Waals surface area contributed by atoms with Crippen molar-refractivity contribution in [2.45, 2.75) is 6.92 Å². The lowest BCUT2D eigenvalue weighted by Gasteiger charge is -2.27. The van der Waals surface area contributed by atoms with Gasteiger partial charge in [-0.3, -0.25) is 14.4 Å². The molecule has 0 atom stereocenters. The van der Waals surface area contributed by atoms with Crippen molar-refractivity contribution in [1.82, 2.24) is 4.90 Å². The Hall–Kier alpha value is -2.99. The van der Waals surface area contributed by atoms with Crippen molar-refractivity contribution in [1.29, 1.82) is 0 Å². The van der Waals surface area contributed by atoms with Crippen molar-refractivity contribution < 1.29 is 19.1 Å². The molecule has 26 heavy (non-hydrogen) atoms. The molecule has 1 aliphatic rings.